The van der Waals surface area contributed by atoms with Gasteiger partial charge in [-0.1, -0.05) is 37.6 Å². The summed E-state index contributed by atoms with van der Waals surface area (Å²) in [7, 11) is 0. The zero-order valence-corrected chi connectivity index (χ0v) is 16.8. The monoisotopic (exact) mass is 392 g/mol. The number of carbonyl (C=O) groups excluding carboxylic acids is 1. The number of nitro groups is 1. The first-order valence-corrected chi connectivity index (χ1v) is 9.56. The molecule has 1 aromatic heterocycles. The number of amides is 1. The molecule has 7 heteroatoms. The number of anilines is 1. The molecule has 0 spiro atoms. The van der Waals surface area contributed by atoms with E-state index in [4.69, 9.17) is 0 Å². The van der Waals surface area contributed by atoms with Crippen molar-refractivity contribution in [2.75, 3.05) is 5.32 Å². The number of nitrogens with zero attached hydrogens (tertiary/aromatic N) is 3. The fourth-order valence-corrected chi connectivity index (χ4v) is 3.29. The van der Waals surface area contributed by atoms with E-state index in [1.807, 2.05) is 36.4 Å². The van der Waals surface area contributed by atoms with Crippen molar-refractivity contribution >= 4 is 17.3 Å². The minimum absolute atomic E-state index is 0.0472. The molecular formula is C22H24N4O3. The van der Waals surface area contributed by atoms with Gasteiger partial charge in [0.1, 0.15) is 11.4 Å². The Bertz CT molecular complexity index is 1020. The van der Waals surface area contributed by atoms with E-state index in [1.54, 1.807) is 30.7 Å². The van der Waals surface area contributed by atoms with Gasteiger partial charge in [-0.25, -0.2) is 0 Å². The van der Waals surface area contributed by atoms with Crippen molar-refractivity contribution in [2.24, 2.45) is 0 Å². The number of carbonyl (C=O) groups is 1. The lowest BCUT2D eigenvalue weighted by molar-refractivity contribution is -0.386. The number of benzene rings is 2. The second-order valence-corrected chi connectivity index (χ2v) is 7.03. The first-order valence-electron chi connectivity index (χ1n) is 9.56. The van der Waals surface area contributed by atoms with Crippen molar-refractivity contribution in [1.82, 2.24) is 9.78 Å². The third-order valence-corrected chi connectivity index (χ3v) is 4.82. The van der Waals surface area contributed by atoms with Gasteiger partial charge in [-0.05, 0) is 55.7 Å². The highest BCUT2D eigenvalue weighted by Gasteiger charge is 2.21. The summed E-state index contributed by atoms with van der Waals surface area (Å²) in [4.78, 5) is 23.2. The summed E-state index contributed by atoms with van der Waals surface area (Å²) in [6.45, 7) is 5.85. The Morgan fingerprint density at radius 3 is 2.24 bits per heavy atom. The van der Waals surface area contributed by atoms with Crippen LogP contribution in [-0.4, -0.2) is 20.6 Å². The highest BCUT2D eigenvalue weighted by Crippen LogP contribution is 2.22. The fourth-order valence-electron chi connectivity index (χ4n) is 3.29. The SMILES string of the molecule is CCCc1ccc(NC(=O)c2ccc(Cn3nc(C)c([N+](=O)[O-])c3C)cc2)cc1. The van der Waals surface area contributed by atoms with Crippen LogP contribution in [0.4, 0.5) is 11.4 Å². The highest BCUT2D eigenvalue weighted by molar-refractivity contribution is 6.04. The van der Waals surface area contributed by atoms with E-state index in [0.717, 1.165) is 24.1 Å². The first kappa shape index (κ1) is 20.3. The number of rotatable bonds is 7. The van der Waals surface area contributed by atoms with Gasteiger partial charge < -0.3 is 5.32 Å². The zero-order valence-electron chi connectivity index (χ0n) is 16.8. The molecule has 0 aliphatic carbocycles. The van der Waals surface area contributed by atoms with Gasteiger partial charge in [-0.2, -0.15) is 5.10 Å². The molecule has 0 fully saturated rings. The van der Waals surface area contributed by atoms with Gasteiger partial charge in [-0.3, -0.25) is 19.6 Å². The van der Waals surface area contributed by atoms with Crippen molar-refractivity contribution in [3.8, 4) is 0 Å². The Labute approximate surface area is 169 Å². The van der Waals surface area contributed by atoms with Crippen molar-refractivity contribution in [3.63, 3.8) is 0 Å². The van der Waals surface area contributed by atoms with Crippen molar-refractivity contribution < 1.29 is 9.72 Å². The summed E-state index contributed by atoms with van der Waals surface area (Å²) in [6, 6.07) is 15.0. The minimum Gasteiger partial charge on any atom is -0.322 e. The van der Waals surface area contributed by atoms with Crippen LogP contribution in [0.25, 0.3) is 0 Å². The second kappa shape index (κ2) is 8.68. The van der Waals surface area contributed by atoms with Crippen LogP contribution in [0, 0.1) is 24.0 Å². The largest absolute Gasteiger partial charge is 0.322 e. The van der Waals surface area contributed by atoms with Crippen LogP contribution < -0.4 is 5.32 Å². The Morgan fingerprint density at radius 1 is 1.07 bits per heavy atom. The Kier molecular flexibility index (Phi) is 6.07. The molecule has 0 saturated heterocycles. The van der Waals surface area contributed by atoms with Crippen molar-refractivity contribution in [2.45, 2.75) is 40.2 Å². The molecule has 1 amide bonds. The van der Waals surface area contributed by atoms with E-state index >= 15 is 0 Å². The average Bonchev–Trinajstić information content (AvgIpc) is 2.97. The van der Waals surface area contributed by atoms with Crippen LogP contribution >= 0.6 is 0 Å². The molecule has 7 nitrogen and oxygen atoms in total. The number of hydrogen-bond donors (Lipinski definition) is 1. The summed E-state index contributed by atoms with van der Waals surface area (Å²) >= 11 is 0. The van der Waals surface area contributed by atoms with Gasteiger partial charge >= 0.3 is 5.69 Å². The average molecular weight is 392 g/mol. The van der Waals surface area contributed by atoms with Gasteiger partial charge in [0.05, 0.1) is 11.5 Å². The first-order chi connectivity index (χ1) is 13.9. The van der Waals surface area contributed by atoms with Gasteiger partial charge in [-0.15, -0.1) is 0 Å². The summed E-state index contributed by atoms with van der Waals surface area (Å²) < 4.78 is 1.61. The Morgan fingerprint density at radius 2 is 1.69 bits per heavy atom. The number of hydrogen-bond acceptors (Lipinski definition) is 4. The molecule has 0 unspecified atom stereocenters. The van der Waals surface area contributed by atoms with Crippen LogP contribution in [0.2, 0.25) is 0 Å². The zero-order chi connectivity index (χ0) is 21.0. The van der Waals surface area contributed by atoms with Crippen LogP contribution in [0.3, 0.4) is 0 Å². The Balaban J connectivity index is 1.67. The predicted octanol–water partition coefficient (Wildman–Crippen LogP) is 4.66. The molecule has 0 bridgehead atoms. The van der Waals surface area contributed by atoms with Gasteiger partial charge in [0.2, 0.25) is 0 Å². The third kappa shape index (κ3) is 4.68. The quantitative estimate of drug-likeness (QED) is 0.468. The van der Waals surface area contributed by atoms with Crippen LogP contribution in [0.15, 0.2) is 48.5 Å². The molecule has 2 aromatic carbocycles. The van der Waals surface area contributed by atoms with Crippen LogP contribution in [0.1, 0.15) is 46.2 Å². The maximum Gasteiger partial charge on any atom is 0.312 e. The lowest BCUT2D eigenvalue weighted by Gasteiger charge is -2.08. The minimum atomic E-state index is -0.406. The normalized spacial score (nSPS) is 10.7. The lowest BCUT2D eigenvalue weighted by Crippen LogP contribution is -2.12. The number of aromatic nitrogens is 2. The van der Waals surface area contributed by atoms with Crippen molar-refractivity contribution in [3.05, 3.63) is 86.7 Å². The summed E-state index contributed by atoms with van der Waals surface area (Å²) in [5, 5.41) is 18.3. The smallest absolute Gasteiger partial charge is 0.312 e. The van der Waals surface area contributed by atoms with Gasteiger partial charge in [0, 0.05) is 11.3 Å². The molecule has 0 saturated carbocycles. The predicted molar refractivity (Wildman–Crippen MR) is 112 cm³/mol. The lowest BCUT2D eigenvalue weighted by atomic mass is 10.1. The topological polar surface area (TPSA) is 90.1 Å². The van der Waals surface area contributed by atoms with Crippen molar-refractivity contribution in [1.29, 1.82) is 0 Å². The van der Waals surface area contributed by atoms with E-state index in [9.17, 15) is 14.9 Å². The molecule has 0 atom stereocenters. The molecule has 0 aliphatic rings. The number of aryl methyl sites for hydroxylation is 2. The van der Waals surface area contributed by atoms with Crippen LogP contribution in [-0.2, 0) is 13.0 Å². The van der Waals surface area contributed by atoms with E-state index in [1.165, 1.54) is 5.56 Å². The molecular weight excluding hydrogens is 368 g/mol. The van der Waals surface area contributed by atoms with E-state index in [2.05, 4.69) is 17.3 Å². The summed E-state index contributed by atoms with van der Waals surface area (Å²) in [5.74, 6) is -0.179. The van der Waals surface area contributed by atoms with Gasteiger partial charge in [0.15, 0.2) is 0 Å². The molecule has 150 valence electrons. The van der Waals surface area contributed by atoms with Gasteiger partial charge in [0.25, 0.3) is 5.91 Å². The maximum atomic E-state index is 12.5. The molecule has 29 heavy (non-hydrogen) atoms. The van der Waals surface area contributed by atoms with E-state index in [0.29, 0.717) is 23.5 Å². The third-order valence-electron chi connectivity index (χ3n) is 4.82. The highest BCUT2D eigenvalue weighted by atomic mass is 16.6. The molecule has 3 aromatic rings. The summed E-state index contributed by atoms with van der Waals surface area (Å²) in [6.07, 6.45) is 2.11. The molecule has 0 radical (unpaired) electrons. The standard InChI is InChI=1S/C22H24N4O3/c1-4-5-17-8-12-20(13-9-17)23-22(27)19-10-6-18(7-11-19)14-25-16(3)21(26(28)29)15(2)24-25/h6-13H,4-5,14H2,1-3H3,(H,23,27). The molecule has 0 aliphatic heterocycles. The molecule has 1 N–H and O–H groups in total. The Hall–Kier alpha value is -3.48. The number of nitrogens with one attached hydrogen (secondary N) is 1. The van der Waals surface area contributed by atoms with E-state index < -0.39 is 4.92 Å². The van der Waals surface area contributed by atoms with Crippen LogP contribution in [0.5, 0.6) is 0 Å². The fraction of sp³-hybridized carbons (Fsp3) is 0.273. The molecule has 1 heterocycles. The van der Waals surface area contributed by atoms with E-state index in [-0.39, 0.29) is 11.6 Å². The second-order valence-electron chi connectivity index (χ2n) is 7.03. The summed E-state index contributed by atoms with van der Waals surface area (Å²) in [5.41, 5.74) is 4.42. The maximum absolute atomic E-state index is 12.5. The molecule has 3 rings (SSSR count).